The predicted octanol–water partition coefficient (Wildman–Crippen LogP) is 1.69. The van der Waals surface area contributed by atoms with Crippen molar-refractivity contribution in [1.29, 1.82) is 0 Å². The van der Waals surface area contributed by atoms with Gasteiger partial charge in [0.2, 0.25) is 5.91 Å². The normalized spacial score (nSPS) is 10.1. The molecular formula is C11H17N3OS. The van der Waals surface area contributed by atoms with Crippen LogP contribution < -0.4 is 5.73 Å². The molecule has 0 fully saturated rings. The average Bonchev–Trinajstić information content (AvgIpc) is 2.63. The summed E-state index contributed by atoms with van der Waals surface area (Å²) in [5, 5.41) is 2.33. The van der Waals surface area contributed by atoms with Gasteiger partial charge in [-0.25, -0.2) is 4.98 Å². The van der Waals surface area contributed by atoms with Crippen molar-refractivity contribution in [3.63, 3.8) is 0 Å². The molecule has 0 bridgehead atoms. The second kappa shape index (κ2) is 6.27. The molecule has 88 valence electrons. The summed E-state index contributed by atoms with van der Waals surface area (Å²) in [5.41, 5.74) is 6.26. The van der Waals surface area contributed by atoms with Crippen molar-refractivity contribution < 1.29 is 4.79 Å². The number of amides is 1. The number of hydrogen-bond acceptors (Lipinski definition) is 4. The van der Waals surface area contributed by atoms with E-state index in [1.165, 1.54) is 11.3 Å². The van der Waals surface area contributed by atoms with Crippen LogP contribution in [-0.2, 0) is 11.2 Å². The molecule has 1 aromatic rings. The van der Waals surface area contributed by atoms with Crippen LogP contribution >= 0.6 is 11.3 Å². The molecule has 0 saturated carbocycles. The highest BCUT2D eigenvalue weighted by atomic mass is 32.1. The molecule has 0 aromatic carbocycles. The summed E-state index contributed by atoms with van der Waals surface area (Å²) in [4.78, 5) is 17.8. The highest BCUT2D eigenvalue weighted by molar-refractivity contribution is 7.13. The van der Waals surface area contributed by atoms with Crippen LogP contribution in [0.15, 0.2) is 18.0 Å². The second-order valence-electron chi connectivity index (χ2n) is 3.48. The van der Waals surface area contributed by atoms with E-state index in [4.69, 9.17) is 5.73 Å². The van der Waals surface area contributed by atoms with Crippen LogP contribution in [0.1, 0.15) is 19.0 Å². The molecule has 0 spiro atoms. The summed E-state index contributed by atoms with van der Waals surface area (Å²) in [5.74, 6) is 0.0760. The number of nitrogens with zero attached hydrogens (tertiary/aromatic N) is 2. The summed E-state index contributed by atoms with van der Waals surface area (Å²) < 4.78 is 0. The van der Waals surface area contributed by atoms with Gasteiger partial charge < -0.3 is 10.6 Å². The minimum atomic E-state index is 0.0760. The van der Waals surface area contributed by atoms with E-state index in [-0.39, 0.29) is 5.91 Å². The maximum atomic E-state index is 11.9. The Labute approximate surface area is 99.8 Å². The summed E-state index contributed by atoms with van der Waals surface area (Å²) >= 11 is 1.36. The molecule has 1 amide bonds. The van der Waals surface area contributed by atoms with Crippen LogP contribution in [0.2, 0.25) is 0 Å². The third-order valence-electron chi connectivity index (χ3n) is 2.10. The SMILES string of the molecule is C=CCN(CCC)C(=O)Cc1csc(N)n1. The Morgan fingerprint density at radius 1 is 1.75 bits per heavy atom. The molecule has 1 rings (SSSR count). The number of nitrogen functional groups attached to an aromatic ring is 1. The van der Waals surface area contributed by atoms with Crippen molar-refractivity contribution in [1.82, 2.24) is 9.88 Å². The molecule has 16 heavy (non-hydrogen) atoms. The number of rotatable bonds is 6. The summed E-state index contributed by atoms with van der Waals surface area (Å²) in [7, 11) is 0. The van der Waals surface area contributed by atoms with E-state index in [0.29, 0.717) is 18.1 Å². The van der Waals surface area contributed by atoms with Gasteiger partial charge in [-0.15, -0.1) is 17.9 Å². The number of aromatic nitrogens is 1. The lowest BCUT2D eigenvalue weighted by Crippen LogP contribution is -2.33. The fourth-order valence-corrected chi connectivity index (χ4v) is 1.98. The number of hydrogen-bond donors (Lipinski definition) is 1. The van der Waals surface area contributed by atoms with Gasteiger partial charge in [0.25, 0.3) is 0 Å². The zero-order valence-electron chi connectivity index (χ0n) is 9.48. The number of anilines is 1. The van der Waals surface area contributed by atoms with Crippen molar-refractivity contribution in [3.8, 4) is 0 Å². The van der Waals surface area contributed by atoms with Crippen LogP contribution in [0.4, 0.5) is 5.13 Å². The Morgan fingerprint density at radius 3 is 3.00 bits per heavy atom. The van der Waals surface area contributed by atoms with Gasteiger partial charge in [-0.3, -0.25) is 4.79 Å². The zero-order chi connectivity index (χ0) is 12.0. The maximum Gasteiger partial charge on any atom is 0.228 e. The van der Waals surface area contributed by atoms with Gasteiger partial charge in [0.15, 0.2) is 5.13 Å². The van der Waals surface area contributed by atoms with Crippen molar-refractivity contribution in [2.45, 2.75) is 19.8 Å². The molecule has 1 aromatic heterocycles. The molecule has 4 nitrogen and oxygen atoms in total. The Kier molecular flexibility index (Phi) is 4.98. The first-order valence-corrected chi connectivity index (χ1v) is 6.13. The van der Waals surface area contributed by atoms with Crippen molar-refractivity contribution in [3.05, 3.63) is 23.7 Å². The molecule has 1 heterocycles. The Morgan fingerprint density at radius 2 is 2.50 bits per heavy atom. The molecular weight excluding hydrogens is 222 g/mol. The van der Waals surface area contributed by atoms with Gasteiger partial charge in [0, 0.05) is 18.5 Å². The largest absolute Gasteiger partial charge is 0.375 e. The van der Waals surface area contributed by atoms with Crippen LogP contribution in [0.5, 0.6) is 0 Å². The van der Waals surface area contributed by atoms with E-state index in [1.807, 2.05) is 12.3 Å². The second-order valence-corrected chi connectivity index (χ2v) is 4.37. The van der Waals surface area contributed by atoms with E-state index in [0.717, 1.165) is 18.7 Å². The lowest BCUT2D eigenvalue weighted by molar-refractivity contribution is -0.130. The zero-order valence-corrected chi connectivity index (χ0v) is 10.3. The average molecular weight is 239 g/mol. The molecule has 2 N–H and O–H groups in total. The first-order chi connectivity index (χ1) is 7.67. The quantitative estimate of drug-likeness (QED) is 0.769. The molecule has 0 atom stereocenters. The number of carbonyl (C=O) groups excluding carboxylic acids is 1. The lowest BCUT2D eigenvalue weighted by Gasteiger charge is -2.19. The predicted molar refractivity (Wildman–Crippen MR) is 67.3 cm³/mol. The molecule has 0 unspecified atom stereocenters. The van der Waals surface area contributed by atoms with E-state index in [9.17, 15) is 4.79 Å². The smallest absolute Gasteiger partial charge is 0.228 e. The minimum Gasteiger partial charge on any atom is -0.375 e. The van der Waals surface area contributed by atoms with Gasteiger partial charge in [0.1, 0.15) is 0 Å². The molecule has 0 aliphatic heterocycles. The molecule has 0 saturated heterocycles. The third kappa shape index (κ3) is 3.66. The van der Waals surface area contributed by atoms with E-state index in [2.05, 4.69) is 11.6 Å². The maximum absolute atomic E-state index is 11.9. The summed E-state index contributed by atoms with van der Waals surface area (Å²) in [6.45, 7) is 7.04. The fraction of sp³-hybridized carbons (Fsp3) is 0.455. The molecule has 0 aliphatic carbocycles. The van der Waals surface area contributed by atoms with Crippen LogP contribution in [0, 0.1) is 0 Å². The molecule has 0 radical (unpaired) electrons. The van der Waals surface area contributed by atoms with E-state index < -0.39 is 0 Å². The lowest BCUT2D eigenvalue weighted by atomic mass is 10.3. The summed E-state index contributed by atoms with van der Waals surface area (Å²) in [6, 6.07) is 0. The summed E-state index contributed by atoms with van der Waals surface area (Å²) in [6.07, 6.45) is 3.00. The minimum absolute atomic E-state index is 0.0760. The first-order valence-electron chi connectivity index (χ1n) is 5.26. The van der Waals surface area contributed by atoms with Crippen LogP contribution in [0.25, 0.3) is 0 Å². The number of nitrogens with two attached hydrogens (primary N) is 1. The van der Waals surface area contributed by atoms with Crippen molar-refractivity contribution >= 4 is 22.4 Å². The van der Waals surface area contributed by atoms with E-state index in [1.54, 1.807) is 11.0 Å². The third-order valence-corrected chi connectivity index (χ3v) is 2.82. The number of carbonyl (C=O) groups is 1. The Hall–Kier alpha value is -1.36. The first kappa shape index (κ1) is 12.7. The fourth-order valence-electron chi connectivity index (χ4n) is 1.41. The van der Waals surface area contributed by atoms with Crippen LogP contribution in [-0.4, -0.2) is 28.9 Å². The highest BCUT2D eigenvalue weighted by Crippen LogP contribution is 2.12. The Balaban J connectivity index is 2.57. The topological polar surface area (TPSA) is 59.2 Å². The van der Waals surface area contributed by atoms with Gasteiger partial charge in [-0.1, -0.05) is 13.0 Å². The molecule has 0 aliphatic rings. The Bertz CT molecular complexity index is 362. The molecule has 5 heteroatoms. The standard InChI is InChI=1S/C11H17N3OS/c1-3-5-14(6-4-2)10(15)7-9-8-16-11(12)13-9/h3,8H,1,4-7H2,2H3,(H2,12,13). The van der Waals surface area contributed by atoms with Gasteiger partial charge in [-0.05, 0) is 6.42 Å². The van der Waals surface area contributed by atoms with Crippen molar-refractivity contribution in [2.75, 3.05) is 18.8 Å². The number of thiazole rings is 1. The van der Waals surface area contributed by atoms with E-state index >= 15 is 0 Å². The monoisotopic (exact) mass is 239 g/mol. The van der Waals surface area contributed by atoms with Crippen molar-refractivity contribution in [2.24, 2.45) is 0 Å². The van der Waals surface area contributed by atoms with Crippen LogP contribution in [0.3, 0.4) is 0 Å². The van der Waals surface area contributed by atoms with Gasteiger partial charge in [0.05, 0.1) is 12.1 Å². The highest BCUT2D eigenvalue weighted by Gasteiger charge is 2.13. The van der Waals surface area contributed by atoms with Gasteiger partial charge in [-0.2, -0.15) is 0 Å². The van der Waals surface area contributed by atoms with Gasteiger partial charge >= 0.3 is 0 Å².